The minimum absolute atomic E-state index is 0.116. The average molecular weight is 372 g/mol. The highest BCUT2D eigenvalue weighted by Crippen LogP contribution is 2.22. The van der Waals surface area contributed by atoms with Crippen molar-refractivity contribution in [2.45, 2.75) is 6.92 Å². The van der Waals surface area contributed by atoms with Crippen molar-refractivity contribution in [3.63, 3.8) is 0 Å². The van der Waals surface area contributed by atoms with Crippen LogP contribution in [-0.2, 0) is 0 Å². The van der Waals surface area contributed by atoms with Crippen LogP contribution in [0.3, 0.4) is 0 Å². The molecule has 1 N–H and O–H groups in total. The summed E-state index contributed by atoms with van der Waals surface area (Å²) >= 11 is 8.02. The molecule has 1 amide bonds. The molecule has 18 heavy (non-hydrogen) atoms. The molecule has 0 heterocycles. The van der Waals surface area contributed by atoms with Crippen molar-refractivity contribution in [1.29, 1.82) is 0 Å². The lowest BCUT2D eigenvalue weighted by molar-refractivity contribution is 0.102. The van der Waals surface area contributed by atoms with Crippen molar-refractivity contribution < 1.29 is 4.79 Å². The normalized spacial score (nSPS) is 10.2. The third kappa shape index (κ3) is 3.23. The highest BCUT2D eigenvalue weighted by atomic mass is 127. The van der Waals surface area contributed by atoms with Crippen LogP contribution in [0.1, 0.15) is 15.9 Å². The summed E-state index contributed by atoms with van der Waals surface area (Å²) in [5, 5.41) is 3.53. The molecule has 0 fully saturated rings. The molecule has 0 unspecified atom stereocenters. The zero-order valence-electron chi connectivity index (χ0n) is 9.71. The van der Waals surface area contributed by atoms with Gasteiger partial charge in [-0.15, -0.1) is 0 Å². The molecule has 0 bridgehead atoms. The Morgan fingerprint density at radius 2 is 1.83 bits per heavy atom. The van der Waals surface area contributed by atoms with Gasteiger partial charge in [-0.2, -0.15) is 0 Å². The number of halogens is 2. The van der Waals surface area contributed by atoms with E-state index in [1.807, 2.05) is 37.3 Å². The fraction of sp³-hybridized carbons (Fsp3) is 0.0714. The molecule has 92 valence electrons. The van der Waals surface area contributed by atoms with E-state index in [0.717, 1.165) is 14.8 Å². The molecule has 0 aliphatic rings. The summed E-state index contributed by atoms with van der Waals surface area (Å²) in [4.78, 5) is 12.0. The van der Waals surface area contributed by atoms with Crippen LogP contribution >= 0.6 is 34.2 Å². The average Bonchev–Trinajstić information content (AvgIpc) is 2.33. The number of benzene rings is 2. The zero-order chi connectivity index (χ0) is 13.1. The summed E-state index contributed by atoms with van der Waals surface area (Å²) in [5.41, 5.74) is 2.55. The maximum absolute atomic E-state index is 12.0. The van der Waals surface area contributed by atoms with Crippen LogP contribution in [0.2, 0.25) is 5.02 Å². The molecule has 0 aromatic heterocycles. The predicted molar refractivity (Wildman–Crippen MR) is 83.3 cm³/mol. The quantitative estimate of drug-likeness (QED) is 0.774. The fourth-order valence-electron chi connectivity index (χ4n) is 1.49. The third-order valence-electron chi connectivity index (χ3n) is 2.49. The van der Waals surface area contributed by atoms with E-state index in [2.05, 4.69) is 27.9 Å². The van der Waals surface area contributed by atoms with Gasteiger partial charge in [0.2, 0.25) is 0 Å². The lowest BCUT2D eigenvalue weighted by Gasteiger charge is -2.08. The number of nitrogens with one attached hydrogen (secondary N) is 1. The maximum atomic E-state index is 12.0. The Morgan fingerprint density at radius 3 is 2.44 bits per heavy atom. The molecule has 4 heteroatoms. The van der Waals surface area contributed by atoms with E-state index in [1.165, 1.54) is 0 Å². The Morgan fingerprint density at radius 1 is 1.17 bits per heavy atom. The second-order valence-electron chi connectivity index (χ2n) is 3.94. The second kappa shape index (κ2) is 5.71. The first kappa shape index (κ1) is 13.4. The van der Waals surface area contributed by atoms with E-state index in [4.69, 9.17) is 11.6 Å². The zero-order valence-corrected chi connectivity index (χ0v) is 12.6. The molecule has 2 nitrogen and oxygen atoms in total. The molecular weight excluding hydrogens is 361 g/mol. The largest absolute Gasteiger partial charge is 0.321 e. The monoisotopic (exact) mass is 371 g/mol. The van der Waals surface area contributed by atoms with Gasteiger partial charge in [-0.05, 0) is 59.8 Å². The summed E-state index contributed by atoms with van der Waals surface area (Å²) in [7, 11) is 0. The molecular formula is C14H11ClINO. The first-order valence-electron chi connectivity index (χ1n) is 5.39. The first-order chi connectivity index (χ1) is 8.56. The summed E-state index contributed by atoms with van der Waals surface area (Å²) < 4.78 is 0.917. The van der Waals surface area contributed by atoms with Crippen molar-refractivity contribution in [2.75, 3.05) is 5.32 Å². The fourth-order valence-corrected chi connectivity index (χ4v) is 2.50. The molecule has 2 aromatic rings. The highest BCUT2D eigenvalue weighted by molar-refractivity contribution is 14.1. The van der Waals surface area contributed by atoms with Crippen LogP contribution < -0.4 is 5.32 Å². The highest BCUT2D eigenvalue weighted by Gasteiger charge is 2.08. The number of anilines is 1. The lowest BCUT2D eigenvalue weighted by atomic mass is 10.1. The van der Waals surface area contributed by atoms with Crippen molar-refractivity contribution in [1.82, 2.24) is 0 Å². The maximum Gasteiger partial charge on any atom is 0.255 e. The summed E-state index contributed by atoms with van der Waals surface area (Å²) in [6.07, 6.45) is 0. The van der Waals surface area contributed by atoms with Crippen molar-refractivity contribution in [3.8, 4) is 0 Å². The molecule has 2 aromatic carbocycles. The number of carbonyl (C=O) groups is 1. The molecule has 0 spiro atoms. The standard InChI is InChI=1S/C14H11ClINO/c1-9-2-4-10(5-3-9)14(18)17-13-7-6-11(15)8-12(13)16/h2-8H,1H3,(H,17,18). The Bertz CT molecular complexity index is 581. The van der Waals surface area contributed by atoms with Crippen LogP contribution in [0.15, 0.2) is 42.5 Å². The number of amides is 1. The number of hydrogen-bond donors (Lipinski definition) is 1. The Kier molecular flexibility index (Phi) is 4.24. The molecule has 0 aliphatic carbocycles. The van der Waals surface area contributed by atoms with Crippen molar-refractivity contribution >= 4 is 45.8 Å². The molecule has 0 aliphatic heterocycles. The van der Waals surface area contributed by atoms with E-state index in [1.54, 1.807) is 12.1 Å². The number of aryl methyl sites for hydroxylation is 1. The van der Waals surface area contributed by atoms with E-state index >= 15 is 0 Å². The third-order valence-corrected chi connectivity index (χ3v) is 3.62. The van der Waals surface area contributed by atoms with Crippen molar-refractivity contribution in [3.05, 3.63) is 62.2 Å². The lowest BCUT2D eigenvalue weighted by Crippen LogP contribution is -2.12. The topological polar surface area (TPSA) is 29.1 Å². The summed E-state index contributed by atoms with van der Waals surface area (Å²) in [6.45, 7) is 1.99. The van der Waals surface area contributed by atoms with Gasteiger partial charge in [-0.1, -0.05) is 29.3 Å². The first-order valence-corrected chi connectivity index (χ1v) is 6.85. The van der Waals surface area contributed by atoms with Crippen LogP contribution in [0.25, 0.3) is 0 Å². The van der Waals surface area contributed by atoms with Gasteiger partial charge >= 0.3 is 0 Å². The van der Waals surface area contributed by atoms with Gasteiger partial charge in [0.1, 0.15) is 0 Å². The van der Waals surface area contributed by atoms with Gasteiger partial charge in [-0.3, -0.25) is 4.79 Å². The molecule has 0 radical (unpaired) electrons. The van der Waals surface area contributed by atoms with Gasteiger partial charge in [-0.25, -0.2) is 0 Å². The molecule has 0 saturated heterocycles. The van der Waals surface area contributed by atoms with Gasteiger partial charge in [0, 0.05) is 14.2 Å². The van der Waals surface area contributed by atoms with E-state index < -0.39 is 0 Å². The number of rotatable bonds is 2. The molecule has 0 saturated carbocycles. The summed E-state index contributed by atoms with van der Waals surface area (Å²) in [6, 6.07) is 12.8. The Balaban J connectivity index is 2.18. The van der Waals surface area contributed by atoms with Gasteiger partial charge in [0.05, 0.1) is 5.69 Å². The Labute approximate surface area is 124 Å². The van der Waals surface area contributed by atoms with Gasteiger partial charge in [0.25, 0.3) is 5.91 Å². The molecule has 0 atom stereocenters. The summed E-state index contributed by atoms with van der Waals surface area (Å²) in [5.74, 6) is -0.116. The van der Waals surface area contributed by atoms with Crippen LogP contribution in [0.4, 0.5) is 5.69 Å². The molecule has 2 rings (SSSR count). The van der Waals surface area contributed by atoms with E-state index in [0.29, 0.717) is 10.6 Å². The minimum Gasteiger partial charge on any atom is -0.321 e. The van der Waals surface area contributed by atoms with Crippen LogP contribution in [0.5, 0.6) is 0 Å². The van der Waals surface area contributed by atoms with E-state index in [9.17, 15) is 4.79 Å². The van der Waals surface area contributed by atoms with E-state index in [-0.39, 0.29) is 5.91 Å². The smallest absolute Gasteiger partial charge is 0.255 e. The van der Waals surface area contributed by atoms with Gasteiger partial charge in [0.15, 0.2) is 0 Å². The predicted octanol–water partition coefficient (Wildman–Crippen LogP) is 4.51. The number of carbonyl (C=O) groups excluding carboxylic acids is 1. The number of hydrogen-bond acceptors (Lipinski definition) is 1. The SMILES string of the molecule is Cc1ccc(C(=O)Nc2ccc(Cl)cc2I)cc1. The second-order valence-corrected chi connectivity index (χ2v) is 5.54. The Hall–Kier alpha value is -1.07. The minimum atomic E-state index is -0.116. The van der Waals surface area contributed by atoms with Crippen LogP contribution in [-0.4, -0.2) is 5.91 Å². The van der Waals surface area contributed by atoms with Gasteiger partial charge < -0.3 is 5.32 Å². The van der Waals surface area contributed by atoms with Crippen molar-refractivity contribution in [2.24, 2.45) is 0 Å². The van der Waals surface area contributed by atoms with Crippen LogP contribution in [0, 0.1) is 10.5 Å².